The van der Waals surface area contributed by atoms with Gasteiger partial charge in [0.2, 0.25) is 0 Å². The Bertz CT molecular complexity index is 103. The van der Waals surface area contributed by atoms with Gasteiger partial charge in [0.1, 0.15) is 12.8 Å². The van der Waals surface area contributed by atoms with Crippen LogP contribution in [0.25, 0.3) is 0 Å². The molecule has 46 valence electrons. The SMILES string of the molecule is CC1(C)CC=[NH+]CC1. The summed E-state index contributed by atoms with van der Waals surface area (Å²) < 4.78 is 0. The van der Waals surface area contributed by atoms with Crippen LogP contribution >= 0.6 is 0 Å². The van der Waals surface area contributed by atoms with E-state index in [9.17, 15) is 0 Å². The maximum atomic E-state index is 3.22. The molecule has 0 saturated heterocycles. The summed E-state index contributed by atoms with van der Waals surface area (Å²) in [6, 6.07) is 0. The van der Waals surface area contributed by atoms with Crippen LogP contribution in [-0.2, 0) is 0 Å². The predicted octanol–water partition coefficient (Wildman–Crippen LogP) is -0.0422. The summed E-state index contributed by atoms with van der Waals surface area (Å²) in [6.45, 7) is 5.78. The number of rotatable bonds is 0. The van der Waals surface area contributed by atoms with E-state index in [1.54, 1.807) is 0 Å². The van der Waals surface area contributed by atoms with Gasteiger partial charge in [-0.25, -0.2) is 0 Å². The molecule has 1 aliphatic heterocycles. The Morgan fingerprint density at radius 1 is 1.50 bits per heavy atom. The Morgan fingerprint density at radius 2 is 2.25 bits per heavy atom. The molecule has 1 N–H and O–H groups in total. The van der Waals surface area contributed by atoms with Gasteiger partial charge in [0.25, 0.3) is 0 Å². The van der Waals surface area contributed by atoms with Crippen LogP contribution < -0.4 is 4.99 Å². The van der Waals surface area contributed by atoms with Gasteiger partial charge in [-0.3, -0.25) is 4.99 Å². The van der Waals surface area contributed by atoms with Gasteiger partial charge in [-0.1, -0.05) is 13.8 Å². The molecule has 1 heteroatoms. The van der Waals surface area contributed by atoms with Crippen molar-refractivity contribution in [3.05, 3.63) is 0 Å². The maximum absolute atomic E-state index is 3.22. The van der Waals surface area contributed by atoms with Crippen molar-refractivity contribution >= 4 is 6.21 Å². The van der Waals surface area contributed by atoms with E-state index in [-0.39, 0.29) is 0 Å². The summed E-state index contributed by atoms with van der Waals surface area (Å²) in [5, 5.41) is 0. The van der Waals surface area contributed by atoms with Crippen LogP contribution in [0.4, 0.5) is 0 Å². The summed E-state index contributed by atoms with van der Waals surface area (Å²) in [5.41, 5.74) is 0.561. The van der Waals surface area contributed by atoms with Gasteiger partial charge in [0.15, 0.2) is 0 Å². The highest BCUT2D eigenvalue weighted by Gasteiger charge is 2.21. The third kappa shape index (κ3) is 1.32. The molecule has 8 heavy (non-hydrogen) atoms. The third-order valence-electron chi connectivity index (χ3n) is 1.75. The first kappa shape index (κ1) is 5.80. The number of hydrogen-bond donors (Lipinski definition) is 1. The van der Waals surface area contributed by atoms with E-state index < -0.39 is 0 Å². The second-order valence-electron chi connectivity index (χ2n) is 3.28. The van der Waals surface area contributed by atoms with E-state index in [2.05, 4.69) is 25.1 Å². The first-order valence-corrected chi connectivity index (χ1v) is 3.26. The van der Waals surface area contributed by atoms with Crippen LogP contribution in [0.3, 0.4) is 0 Å². The van der Waals surface area contributed by atoms with Gasteiger partial charge in [-0.2, -0.15) is 0 Å². The third-order valence-corrected chi connectivity index (χ3v) is 1.75. The predicted molar refractivity (Wildman–Crippen MR) is 34.9 cm³/mol. The van der Waals surface area contributed by atoms with Crippen molar-refractivity contribution in [3.63, 3.8) is 0 Å². The summed E-state index contributed by atoms with van der Waals surface area (Å²) >= 11 is 0. The summed E-state index contributed by atoms with van der Waals surface area (Å²) in [6.07, 6.45) is 4.69. The molecular weight excluding hydrogens is 98.1 g/mol. The molecule has 0 bridgehead atoms. The molecular formula is C7H14N+. The topological polar surface area (TPSA) is 14.0 Å². The van der Waals surface area contributed by atoms with Crippen molar-refractivity contribution in [3.8, 4) is 0 Å². The molecule has 0 fully saturated rings. The highest BCUT2D eigenvalue weighted by molar-refractivity contribution is 5.51. The molecule has 0 amide bonds. The van der Waals surface area contributed by atoms with Crippen LogP contribution in [-0.4, -0.2) is 12.8 Å². The standard InChI is InChI=1S/C7H13N/c1-7(2)3-5-8-6-4-7/h5H,3-4,6H2,1-2H3/p+1. The van der Waals surface area contributed by atoms with Crippen molar-refractivity contribution in [1.29, 1.82) is 0 Å². The fourth-order valence-electron chi connectivity index (χ4n) is 0.963. The molecule has 0 radical (unpaired) electrons. The smallest absolute Gasteiger partial charge is 0.141 e. The lowest BCUT2D eigenvalue weighted by Gasteiger charge is -2.20. The van der Waals surface area contributed by atoms with Gasteiger partial charge < -0.3 is 0 Å². The molecule has 1 nitrogen and oxygen atoms in total. The average Bonchev–Trinajstić information content (AvgIpc) is 1.65. The first-order chi connectivity index (χ1) is 3.71. The molecule has 0 aromatic carbocycles. The normalized spacial score (nSPS) is 25.8. The highest BCUT2D eigenvalue weighted by Crippen LogP contribution is 2.22. The molecule has 0 aromatic rings. The lowest BCUT2D eigenvalue weighted by molar-refractivity contribution is -0.462. The quantitative estimate of drug-likeness (QED) is 0.452. The summed E-state index contributed by atoms with van der Waals surface area (Å²) in [5.74, 6) is 0. The minimum atomic E-state index is 0.561. The zero-order valence-corrected chi connectivity index (χ0v) is 5.70. The Labute approximate surface area is 50.8 Å². The van der Waals surface area contributed by atoms with E-state index >= 15 is 0 Å². The van der Waals surface area contributed by atoms with E-state index in [4.69, 9.17) is 0 Å². The maximum Gasteiger partial charge on any atom is 0.141 e. The molecule has 0 aromatic heterocycles. The Morgan fingerprint density at radius 3 is 2.50 bits per heavy atom. The van der Waals surface area contributed by atoms with Gasteiger partial charge >= 0.3 is 0 Å². The summed E-state index contributed by atoms with van der Waals surface area (Å²) in [7, 11) is 0. The van der Waals surface area contributed by atoms with E-state index in [1.807, 2.05) is 0 Å². The Balaban J connectivity index is 2.50. The minimum absolute atomic E-state index is 0.561. The minimum Gasteiger partial charge on any atom is -0.252 e. The first-order valence-electron chi connectivity index (χ1n) is 3.26. The van der Waals surface area contributed by atoms with Crippen molar-refractivity contribution < 1.29 is 4.99 Å². The molecule has 0 atom stereocenters. The largest absolute Gasteiger partial charge is 0.252 e. The van der Waals surface area contributed by atoms with Crippen molar-refractivity contribution in [2.75, 3.05) is 6.54 Å². The van der Waals surface area contributed by atoms with Crippen LogP contribution in [0.5, 0.6) is 0 Å². The van der Waals surface area contributed by atoms with Crippen molar-refractivity contribution in [2.45, 2.75) is 26.7 Å². The van der Waals surface area contributed by atoms with E-state index in [1.165, 1.54) is 12.8 Å². The second-order valence-corrected chi connectivity index (χ2v) is 3.28. The number of hydrogen-bond acceptors (Lipinski definition) is 0. The Kier molecular flexibility index (Phi) is 1.37. The van der Waals surface area contributed by atoms with Crippen LogP contribution in [0.2, 0.25) is 0 Å². The monoisotopic (exact) mass is 112 g/mol. The van der Waals surface area contributed by atoms with E-state index in [0.29, 0.717) is 5.41 Å². The lowest BCUT2D eigenvalue weighted by atomic mass is 9.85. The lowest BCUT2D eigenvalue weighted by Crippen LogP contribution is -2.72. The molecule has 1 heterocycles. The summed E-state index contributed by atoms with van der Waals surface area (Å²) in [4.78, 5) is 3.22. The van der Waals surface area contributed by atoms with Gasteiger partial charge in [-0.05, 0) is 5.41 Å². The average molecular weight is 112 g/mol. The number of nitrogens with one attached hydrogen (secondary N) is 1. The fraction of sp³-hybridized carbons (Fsp3) is 0.857. The molecule has 0 aliphatic carbocycles. The van der Waals surface area contributed by atoms with E-state index in [0.717, 1.165) is 6.54 Å². The Hall–Kier alpha value is -0.330. The van der Waals surface area contributed by atoms with Crippen LogP contribution in [0.15, 0.2) is 0 Å². The van der Waals surface area contributed by atoms with Crippen LogP contribution in [0, 0.1) is 5.41 Å². The van der Waals surface area contributed by atoms with Crippen LogP contribution in [0.1, 0.15) is 26.7 Å². The van der Waals surface area contributed by atoms with Gasteiger partial charge in [0.05, 0.1) is 0 Å². The zero-order chi connectivity index (χ0) is 6.04. The van der Waals surface area contributed by atoms with Gasteiger partial charge in [-0.15, -0.1) is 0 Å². The van der Waals surface area contributed by atoms with Crippen molar-refractivity contribution in [2.24, 2.45) is 5.41 Å². The molecule has 1 aliphatic rings. The second kappa shape index (κ2) is 1.88. The molecule has 0 saturated carbocycles. The molecule has 1 rings (SSSR count). The van der Waals surface area contributed by atoms with Crippen molar-refractivity contribution in [1.82, 2.24) is 0 Å². The fourth-order valence-corrected chi connectivity index (χ4v) is 0.963. The molecule has 0 unspecified atom stereocenters. The molecule has 0 spiro atoms. The van der Waals surface area contributed by atoms with Gasteiger partial charge in [0, 0.05) is 12.8 Å². The zero-order valence-electron chi connectivity index (χ0n) is 5.70. The highest BCUT2D eigenvalue weighted by atomic mass is 14.7.